The molecule has 0 heterocycles. The van der Waals surface area contributed by atoms with Gasteiger partial charge < -0.3 is 21.3 Å². The van der Waals surface area contributed by atoms with Crippen molar-refractivity contribution in [3.63, 3.8) is 0 Å². The number of nitrogens with one attached hydrogen (secondary N) is 4. The van der Waals surface area contributed by atoms with Gasteiger partial charge in [-0.15, -0.1) is 0 Å². The SMILES string of the molecule is Cc1ccc(NC(=O)c2ccccc2)cc1NC(=O)c1ccc(NC(=O)NC2CC2)cc1. The van der Waals surface area contributed by atoms with Crippen molar-refractivity contribution in [2.45, 2.75) is 25.8 Å². The molecule has 4 N–H and O–H groups in total. The number of aryl methyl sites for hydroxylation is 1. The largest absolute Gasteiger partial charge is 0.335 e. The van der Waals surface area contributed by atoms with E-state index in [1.54, 1.807) is 60.7 Å². The van der Waals surface area contributed by atoms with Crippen molar-refractivity contribution in [3.05, 3.63) is 89.5 Å². The second-order valence-electron chi connectivity index (χ2n) is 7.75. The Labute approximate surface area is 186 Å². The van der Waals surface area contributed by atoms with Crippen LogP contribution >= 0.6 is 0 Å². The minimum absolute atomic E-state index is 0.222. The third kappa shape index (κ3) is 5.51. The fraction of sp³-hybridized carbons (Fsp3) is 0.160. The first-order valence-electron chi connectivity index (χ1n) is 10.4. The van der Waals surface area contributed by atoms with Gasteiger partial charge in [0.2, 0.25) is 0 Å². The van der Waals surface area contributed by atoms with Gasteiger partial charge in [0.05, 0.1) is 0 Å². The van der Waals surface area contributed by atoms with E-state index in [-0.39, 0.29) is 23.9 Å². The molecule has 1 saturated carbocycles. The van der Waals surface area contributed by atoms with Gasteiger partial charge in [-0.1, -0.05) is 24.3 Å². The quantitative estimate of drug-likeness (QED) is 0.454. The van der Waals surface area contributed by atoms with Gasteiger partial charge in [-0.3, -0.25) is 9.59 Å². The first-order valence-corrected chi connectivity index (χ1v) is 10.4. The van der Waals surface area contributed by atoms with E-state index in [1.807, 2.05) is 19.1 Å². The van der Waals surface area contributed by atoms with E-state index in [4.69, 9.17) is 0 Å². The Morgan fingerprint density at radius 1 is 0.719 bits per heavy atom. The molecule has 0 bridgehead atoms. The van der Waals surface area contributed by atoms with Gasteiger partial charge in [0.1, 0.15) is 0 Å². The second-order valence-corrected chi connectivity index (χ2v) is 7.75. The minimum atomic E-state index is -0.284. The zero-order valence-electron chi connectivity index (χ0n) is 17.6. The van der Waals surface area contributed by atoms with Crippen molar-refractivity contribution in [2.75, 3.05) is 16.0 Å². The van der Waals surface area contributed by atoms with Crippen LogP contribution < -0.4 is 21.3 Å². The average molecular weight is 428 g/mol. The van der Waals surface area contributed by atoms with Crippen molar-refractivity contribution in [3.8, 4) is 0 Å². The van der Waals surface area contributed by atoms with Crippen LogP contribution in [0.5, 0.6) is 0 Å². The number of carbonyl (C=O) groups is 3. The van der Waals surface area contributed by atoms with Crippen molar-refractivity contribution in [2.24, 2.45) is 0 Å². The molecule has 7 nitrogen and oxygen atoms in total. The number of hydrogen-bond donors (Lipinski definition) is 4. The smallest absolute Gasteiger partial charge is 0.319 e. The average Bonchev–Trinajstić information content (AvgIpc) is 3.61. The second kappa shape index (κ2) is 9.34. The lowest BCUT2D eigenvalue weighted by Crippen LogP contribution is -2.30. The number of carbonyl (C=O) groups excluding carboxylic acids is 3. The summed E-state index contributed by atoms with van der Waals surface area (Å²) in [5.74, 6) is -0.505. The van der Waals surface area contributed by atoms with Crippen LogP contribution in [0, 0.1) is 6.92 Å². The molecule has 1 aliphatic rings. The molecular formula is C25H24N4O3. The van der Waals surface area contributed by atoms with Gasteiger partial charge in [-0.25, -0.2) is 4.79 Å². The summed E-state index contributed by atoms with van der Waals surface area (Å²) in [6.07, 6.45) is 2.03. The Morgan fingerprint density at radius 3 is 2.03 bits per heavy atom. The predicted molar refractivity (Wildman–Crippen MR) is 125 cm³/mol. The lowest BCUT2D eigenvalue weighted by molar-refractivity contribution is 0.101. The summed E-state index contributed by atoms with van der Waals surface area (Å²) < 4.78 is 0. The van der Waals surface area contributed by atoms with Crippen LogP contribution in [0.3, 0.4) is 0 Å². The Hall–Kier alpha value is -4.13. The molecule has 7 heteroatoms. The van der Waals surface area contributed by atoms with Crippen molar-refractivity contribution < 1.29 is 14.4 Å². The Balaban J connectivity index is 1.39. The molecule has 1 fully saturated rings. The zero-order valence-corrected chi connectivity index (χ0v) is 17.6. The van der Waals surface area contributed by atoms with E-state index >= 15 is 0 Å². The third-order valence-corrected chi connectivity index (χ3v) is 5.10. The maximum Gasteiger partial charge on any atom is 0.319 e. The predicted octanol–water partition coefficient (Wildman–Crippen LogP) is 4.78. The normalized spacial score (nSPS) is 12.5. The van der Waals surface area contributed by atoms with Crippen LogP contribution in [-0.4, -0.2) is 23.9 Å². The lowest BCUT2D eigenvalue weighted by Gasteiger charge is -2.12. The molecule has 3 aromatic rings. The maximum atomic E-state index is 12.7. The molecule has 3 aromatic carbocycles. The fourth-order valence-corrected chi connectivity index (χ4v) is 3.11. The van der Waals surface area contributed by atoms with E-state index in [2.05, 4.69) is 21.3 Å². The Kier molecular flexibility index (Phi) is 6.17. The summed E-state index contributed by atoms with van der Waals surface area (Å²) in [7, 11) is 0. The van der Waals surface area contributed by atoms with E-state index < -0.39 is 0 Å². The molecule has 1 aliphatic carbocycles. The standard InChI is InChI=1S/C25H24N4O3/c1-16-7-10-21(26-23(30)17-5-3-2-4-6-17)15-22(16)29-24(31)18-8-11-19(12-9-18)27-25(32)28-20-13-14-20/h2-12,15,20H,13-14H2,1H3,(H,26,30)(H,29,31)(H2,27,28,32). The molecule has 0 atom stereocenters. The van der Waals surface area contributed by atoms with Gasteiger partial charge in [0.25, 0.3) is 11.8 Å². The number of urea groups is 1. The first-order chi connectivity index (χ1) is 15.5. The van der Waals surface area contributed by atoms with Crippen LogP contribution in [-0.2, 0) is 0 Å². The highest BCUT2D eigenvalue weighted by molar-refractivity contribution is 6.07. The van der Waals surface area contributed by atoms with E-state index in [0.29, 0.717) is 28.2 Å². The lowest BCUT2D eigenvalue weighted by atomic mass is 10.1. The summed E-state index contributed by atoms with van der Waals surface area (Å²) in [5.41, 5.74) is 3.68. The van der Waals surface area contributed by atoms with E-state index in [0.717, 1.165) is 18.4 Å². The third-order valence-electron chi connectivity index (χ3n) is 5.10. The molecule has 162 valence electrons. The zero-order chi connectivity index (χ0) is 22.5. The van der Waals surface area contributed by atoms with Crippen LogP contribution in [0.2, 0.25) is 0 Å². The van der Waals surface area contributed by atoms with Crippen LogP contribution in [0.25, 0.3) is 0 Å². The fourth-order valence-electron chi connectivity index (χ4n) is 3.11. The first kappa shape index (κ1) is 21.1. The molecule has 32 heavy (non-hydrogen) atoms. The summed E-state index contributed by atoms with van der Waals surface area (Å²) in [4.78, 5) is 36.9. The summed E-state index contributed by atoms with van der Waals surface area (Å²) >= 11 is 0. The van der Waals surface area contributed by atoms with Crippen molar-refractivity contribution in [1.29, 1.82) is 0 Å². The summed E-state index contributed by atoms with van der Waals surface area (Å²) in [6, 6.07) is 21.0. The number of hydrogen-bond acceptors (Lipinski definition) is 3. The number of anilines is 3. The molecule has 0 radical (unpaired) electrons. The number of rotatable bonds is 6. The van der Waals surface area contributed by atoms with Crippen LogP contribution in [0.1, 0.15) is 39.1 Å². The molecule has 0 aliphatic heterocycles. The van der Waals surface area contributed by atoms with Gasteiger partial charge in [0, 0.05) is 34.2 Å². The Bertz CT molecular complexity index is 1140. The van der Waals surface area contributed by atoms with Crippen molar-refractivity contribution in [1.82, 2.24) is 5.32 Å². The number of benzene rings is 3. The summed E-state index contributed by atoms with van der Waals surface area (Å²) in [6.45, 7) is 1.88. The molecule has 0 spiro atoms. The molecule has 0 aromatic heterocycles. The highest BCUT2D eigenvalue weighted by atomic mass is 16.2. The number of amides is 4. The topological polar surface area (TPSA) is 99.3 Å². The van der Waals surface area contributed by atoms with Crippen molar-refractivity contribution >= 4 is 34.9 Å². The van der Waals surface area contributed by atoms with Crippen LogP contribution in [0.4, 0.5) is 21.9 Å². The molecule has 0 saturated heterocycles. The van der Waals surface area contributed by atoms with Gasteiger partial charge in [-0.2, -0.15) is 0 Å². The maximum absolute atomic E-state index is 12.7. The van der Waals surface area contributed by atoms with E-state index in [1.165, 1.54) is 0 Å². The van der Waals surface area contributed by atoms with Gasteiger partial charge in [-0.05, 0) is 73.9 Å². The van der Waals surface area contributed by atoms with E-state index in [9.17, 15) is 14.4 Å². The van der Waals surface area contributed by atoms with Gasteiger partial charge >= 0.3 is 6.03 Å². The van der Waals surface area contributed by atoms with Crippen LogP contribution in [0.15, 0.2) is 72.8 Å². The monoisotopic (exact) mass is 428 g/mol. The van der Waals surface area contributed by atoms with Gasteiger partial charge in [0.15, 0.2) is 0 Å². The highest BCUT2D eigenvalue weighted by Gasteiger charge is 2.23. The Morgan fingerprint density at radius 2 is 1.34 bits per heavy atom. The summed E-state index contributed by atoms with van der Waals surface area (Å²) in [5, 5.41) is 11.3. The molecule has 4 rings (SSSR count). The molecular weight excluding hydrogens is 404 g/mol. The minimum Gasteiger partial charge on any atom is -0.335 e. The molecule has 4 amide bonds. The highest BCUT2D eigenvalue weighted by Crippen LogP contribution is 2.22. The molecule has 0 unspecified atom stereocenters.